The third-order valence-electron chi connectivity index (χ3n) is 5.67. The molecule has 1 saturated heterocycles. The van der Waals surface area contributed by atoms with Crippen LogP contribution in [0.4, 0.5) is 5.82 Å². The lowest BCUT2D eigenvalue weighted by molar-refractivity contribution is 0.0662. The highest BCUT2D eigenvalue weighted by Gasteiger charge is 2.51. The number of carbonyl (C=O) groups is 1. The second-order valence-corrected chi connectivity index (χ2v) is 7.25. The Kier molecular flexibility index (Phi) is 3.94. The summed E-state index contributed by atoms with van der Waals surface area (Å²) in [4.78, 5) is 25.0. The number of carbonyl (C=O) groups excluding carboxylic acids is 1. The molecule has 1 spiro atoms. The van der Waals surface area contributed by atoms with Crippen LogP contribution in [-0.4, -0.2) is 52.1 Å². The van der Waals surface area contributed by atoms with E-state index in [4.69, 9.17) is 4.52 Å². The van der Waals surface area contributed by atoms with E-state index in [1.54, 1.807) is 18.6 Å². The Morgan fingerprint density at radius 3 is 3.00 bits per heavy atom. The van der Waals surface area contributed by atoms with Crippen molar-refractivity contribution in [3.63, 3.8) is 0 Å². The van der Waals surface area contributed by atoms with Crippen LogP contribution in [0.15, 0.2) is 29.2 Å². The molecule has 1 aliphatic heterocycles. The fourth-order valence-electron chi connectivity index (χ4n) is 4.07. The first-order valence-electron chi connectivity index (χ1n) is 8.84. The first-order chi connectivity index (χ1) is 12.1. The number of aryl methyl sites for hydroxylation is 1. The van der Waals surface area contributed by atoms with Gasteiger partial charge >= 0.3 is 0 Å². The van der Waals surface area contributed by atoms with Crippen LogP contribution in [0.3, 0.4) is 0 Å². The average Bonchev–Trinajstić information content (AvgIpc) is 3.27. The summed E-state index contributed by atoms with van der Waals surface area (Å²) in [5.74, 6) is 1.29. The summed E-state index contributed by atoms with van der Waals surface area (Å²) in [6, 6.07) is 4.17. The van der Waals surface area contributed by atoms with E-state index in [0.717, 1.165) is 50.3 Å². The molecule has 0 radical (unpaired) electrons. The molecule has 0 aromatic carbocycles. The van der Waals surface area contributed by atoms with Gasteiger partial charge in [0.2, 0.25) is 5.76 Å². The fraction of sp³-hybridized carbons (Fsp3) is 0.556. The van der Waals surface area contributed by atoms with Crippen molar-refractivity contribution in [1.82, 2.24) is 20.0 Å². The minimum atomic E-state index is -0.0309. The molecule has 0 atom stereocenters. The van der Waals surface area contributed by atoms with Crippen molar-refractivity contribution in [2.75, 3.05) is 25.0 Å². The van der Waals surface area contributed by atoms with Crippen molar-refractivity contribution in [3.05, 3.63) is 36.1 Å². The monoisotopic (exact) mass is 341 g/mol. The molecule has 132 valence electrons. The molecule has 1 amide bonds. The molecule has 7 nitrogen and oxygen atoms in total. The van der Waals surface area contributed by atoms with Crippen molar-refractivity contribution >= 4 is 11.7 Å². The van der Waals surface area contributed by atoms with Crippen molar-refractivity contribution in [1.29, 1.82) is 0 Å². The van der Waals surface area contributed by atoms with Gasteiger partial charge in [-0.2, -0.15) is 0 Å². The molecule has 2 fully saturated rings. The predicted octanol–water partition coefficient (Wildman–Crippen LogP) is 2.16. The Balaban J connectivity index is 1.36. The molecule has 0 N–H and O–H groups in total. The summed E-state index contributed by atoms with van der Waals surface area (Å²) < 4.78 is 5.20. The number of rotatable bonds is 4. The van der Waals surface area contributed by atoms with Crippen LogP contribution >= 0.6 is 0 Å². The molecule has 1 aliphatic carbocycles. The maximum atomic E-state index is 12.6. The minimum Gasteiger partial charge on any atom is -0.357 e. The number of amides is 1. The minimum absolute atomic E-state index is 0.0309. The highest BCUT2D eigenvalue weighted by Crippen LogP contribution is 2.50. The van der Waals surface area contributed by atoms with E-state index in [1.807, 2.05) is 17.9 Å². The lowest BCUT2D eigenvalue weighted by Crippen LogP contribution is -2.51. The van der Waals surface area contributed by atoms with E-state index < -0.39 is 0 Å². The second kappa shape index (κ2) is 6.13. The number of nitrogens with zero attached hydrogens (tertiary/aromatic N) is 5. The van der Waals surface area contributed by atoms with E-state index in [9.17, 15) is 4.79 Å². The maximum absolute atomic E-state index is 12.6. The van der Waals surface area contributed by atoms with E-state index in [1.165, 1.54) is 0 Å². The zero-order valence-electron chi connectivity index (χ0n) is 14.7. The largest absolute Gasteiger partial charge is 0.357 e. The van der Waals surface area contributed by atoms with Crippen molar-refractivity contribution in [2.24, 2.45) is 5.41 Å². The van der Waals surface area contributed by atoms with Gasteiger partial charge in [0.15, 0.2) is 0 Å². The average molecular weight is 341 g/mol. The van der Waals surface area contributed by atoms with Crippen molar-refractivity contribution < 1.29 is 9.32 Å². The summed E-state index contributed by atoms with van der Waals surface area (Å²) in [7, 11) is 2.08. The molecular formula is C18H23N5O2. The van der Waals surface area contributed by atoms with Gasteiger partial charge in [-0.1, -0.05) is 12.1 Å². The number of likely N-dealkylation sites (tertiary alicyclic amines) is 1. The predicted molar refractivity (Wildman–Crippen MR) is 92.3 cm³/mol. The molecule has 25 heavy (non-hydrogen) atoms. The molecule has 1 saturated carbocycles. The Morgan fingerprint density at radius 2 is 2.32 bits per heavy atom. The number of anilines is 1. The standard InChI is InChI=1S/C18H23N5O2/c1-3-13-8-15(25-21-13)17(24)23-7-5-18(11-23)9-14(10-18)22(2)16-4-6-19-12-20-16/h4,6,8,12,14H,3,5,7,9-11H2,1-2H3. The summed E-state index contributed by atoms with van der Waals surface area (Å²) in [5, 5.41) is 3.93. The van der Waals surface area contributed by atoms with Crippen LogP contribution in [-0.2, 0) is 6.42 Å². The maximum Gasteiger partial charge on any atom is 0.292 e. The first kappa shape index (κ1) is 16.1. The van der Waals surface area contributed by atoms with Gasteiger partial charge in [0.1, 0.15) is 12.1 Å². The van der Waals surface area contributed by atoms with E-state index in [2.05, 4.69) is 27.1 Å². The van der Waals surface area contributed by atoms with Gasteiger partial charge < -0.3 is 14.3 Å². The lowest BCUT2D eigenvalue weighted by atomic mass is 9.64. The molecule has 2 aromatic heterocycles. The molecule has 0 unspecified atom stereocenters. The highest BCUT2D eigenvalue weighted by atomic mass is 16.5. The van der Waals surface area contributed by atoms with Crippen LogP contribution in [0.2, 0.25) is 0 Å². The van der Waals surface area contributed by atoms with Gasteiger partial charge in [-0.3, -0.25) is 4.79 Å². The zero-order chi connectivity index (χ0) is 17.4. The molecule has 3 heterocycles. The van der Waals surface area contributed by atoms with Gasteiger partial charge in [-0.15, -0.1) is 0 Å². The fourth-order valence-corrected chi connectivity index (χ4v) is 4.07. The molecular weight excluding hydrogens is 318 g/mol. The van der Waals surface area contributed by atoms with Crippen LogP contribution in [0.1, 0.15) is 42.4 Å². The van der Waals surface area contributed by atoms with Crippen LogP contribution < -0.4 is 4.90 Å². The van der Waals surface area contributed by atoms with Gasteiger partial charge in [-0.05, 0) is 37.2 Å². The van der Waals surface area contributed by atoms with Crippen molar-refractivity contribution in [3.8, 4) is 0 Å². The zero-order valence-corrected chi connectivity index (χ0v) is 14.7. The molecule has 4 rings (SSSR count). The molecule has 0 bridgehead atoms. The van der Waals surface area contributed by atoms with Crippen molar-refractivity contribution in [2.45, 2.75) is 38.6 Å². The highest BCUT2D eigenvalue weighted by molar-refractivity contribution is 5.91. The third-order valence-corrected chi connectivity index (χ3v) is 5.67. The van der Waals surface area contributed by atoms with E-state index in [0.29, 0.717) is 11.8 Å². The number of hydrogen-bond acceptors (Lipinski definition) is 6. The van der Waals surface area contributed by atoms with Gasteiger partial charge in [-0.25, -0.2) is 9.97 Å². The van der Waals surface area contributed by atoms with Gasteiger partial charge in [0.05, 0.1) is 5.69 Å². The topological polar surface area (TPSA) is 75.4 Å². The summed E-state index contributed by atoms with van der Waals surface area (Å²) >= 11 is 0. The SMILES string of the molecule is CCc1cc(C(=O)N2CCC3(CC(N(C)c4ccncn4)C3)C2)on1. The summed E-state index contributed by atoms with van der Waals surface area (Å²) in [6.45, 7) is 3.60. The first-order valence-corrected chi connectivity index (χ1v) is 8.84. The second-order valence-electron chi connectivity index (χ2n) is 7.25. The Hall–Kier alpha value is -2.44. The lowest BCUT2D eigenvalue weighted by Gasteiger charge is -2.49. The van der Waals surface area contributed by atoms with Crippen LogP contribution in [0, 0.1) is 5.41 Å². The Morgan fingerprint density at radius 1 is 1.48 bits per heavy atom. The van der Waals surface area contributed by atoms with Gasteiger partial charge in [0, 0.05) is 38.4 Å². The normalized spacial score (nSPS) is 25.2. The van der Waals surface area contributed by atoms with Crippen LogP contribution in [0.5, 0.6) is 0 Å². The number of aromatic nitrogens is 3. The van der Waals surface area contributed by atoms with E-state index in [-0.39, 0.29) is 11.3 Å². The smallest absolute Gasteiger partial charge is 0.292 e. The molecule has 7 heteroatoms. The Labute approximate surface area is 147 Å². The summed E-state index contributed by atoms with van der Waals surface area (Å²) in [5.41, 5.74) is 1.07. The molecule has 2 aromatic rings. The Bertz CT molecular complexity index is 754. The van der Waals surface area contributed by atoms with Gasteiger partial charge in [0.25, 0.3) is 5.91 Å². The summed E-state index contributed by atoms with van der Waals surface area (Å²) in [6.07, 6.45) is 7.37. The molecule has 2 aliphatic rings. The quantitative estimate of drug-likeness (QED) is 0.848. The van der Waals surface area contributed by atoms with Crippen LogP contribution in [0.25, 0.3) is 0 Å². The van der Waals surface area contributed by atoms with E-state index >= 15 is 0 Å². The number of hydrogen-bond donors (Lipinski definition) is 0. The third kappa shape index (κ3) is 2.88.